The molecule has 0 saturated carbocycles. The van der Waals surface area contributed by atoms with Crippen LogP contribution in [-0.4, -0.2) is 38.6 Å². The summed E-state index contributed by atoms with van der Waals surface area (Å²) in [7, 11) is 1.80. The van der Waals surface area contributed by atoms with Gasteiger partial charge in [-0.1, -0.05) is 17.8 Å². The van der Waals surface area contributed by atoms with Crippen LogP contribution in [0.2, 0.25) is 0 Å². The van der Waals surface area contributed by atoms with Crippen molar-refractivity contribution in [3.63, 3.8) is 0 Å². The number of carbonyl (C=O) groups is 2. The van der Waals surface area contributed by atoms with Crippen LogP contribution in [-0.2, 0) is 29.6 Å². The highest BCUT2D eigenvalue weighted by Crippen LogP contribution is 2.32. The molecule has 0 fully saturated rings. The van der Waals surface area contributed by atoms with Gasteiger partial charge in [-0.25, -0.2) is 0 Å². The first-order valence-corrected chi connectivity index (χ1v) is 9.31. The molecule has 1 atom stereocenters. The first-order chi connectivity index (χ1) is 12.9. The van der Waals surface area contributed by atoms with Gasteiger partial charge >= 0.3 is 0 Å². The molecular formula is C17H21N5O4S. The number of hydrogen-bond donors (Lipinski definition) is 2. The van der Waals surface area contributed by atoms with Crippen LogP contribution in [0.5, 0.6) is 11.5 Å². The first kappa shape index (κ1) is 19.0. The maximum absolute atomic E-state index is 12.4. The summed E-state index contributed by atoms with van der Waals surface area (Å²) in [5.74, 6) is 1.56. The van der Waals surface area contributed by atoms with Crippen molar-refractivity contribution in [1.29, 1.82) is 0 Å². The topological polar surface area (TPSA) is 121 Å². The highest BCUT2D eigenvalue weighted by Gasteiger charge is 2.19. The van der Waals surface area contributed by atoms with Crippen LogP contribution >= 0.6 is 11.8 Å². The van der Waals surface area contributed by atoms with Crippen LogP contribution in [0.15, 0.2) is 23.4 Å². The van der Waals surface area contributed by atoms with Crippen LogP contribution in [0.3, 0.4) is 0 Å². The minimum Gasteiger partial charge on any atom is -0.454 e. The maximum atomic E-state index is 12.4. The fourth-order valence-corrected chi connectivity index (χ4v) is 3.35. The number of carbonyl (C=O) groups excluding carboxylic acids is 2. The van der Waals surface area contributed by atoms with Crippen LogP contribution < -0.4 is 20.5 Å². The van der Waals surface area contributed by atoms with Crippen molar-refractivity contribution in [2.75, 3.05) is 6.79 Å². The third kappa shape index (κ3) is 4.70. The molecule has 9 nitrogen and oxygen atoms in total. The van der Waals surface area contributed by atoms with E-state index < -0.39 is 0 Å². The Morgan fingerprint density at radius 1 is 1.33 bits per heavy atom. The van der Waals surface area contributed by atoms with Gasteiger partial charge in [0.25, 0.3) is 0 Å². The van der Waals surface area contributed by atoms with Crippen LogP contribution in [0.1, 0.15) is 24.7 Å². The number of benzene rings is 1. The van der Waals surface area contributed by atoms with Crippen LogP contribution in [0.25, 0.3) is 0 Å². The predicted octanol–water partition coefficient (Wildman–Crippen LogP) is 0.759. The monoisotopic (exact) mass is 391 g/mol. The van der Waals surface area contributed by atoms with E-state index in [4.69, 9.17) is 15.2 Å². The van der Waals surface area contributed by atoms with E-state index in [1.807, 2.05) is 18.2 Å². The molecule has 0 saturated heterocycles. The van der Waals surface area contributed by atoms with E-state index in [1.165, 1.54) is 11.8 Å². The number of primary amides is 1. The van der Waals surface area contributed by atoms with Crippen molar-refractivity contribution in [1.82, 2.24) is 20.1 Å². The summed E-state index contributed by atoms with van der Waals surface area (Å²) in [6.07, 6.45) is 0.631. The highest BCUT2D eigenvalue weighted by molar-refractivity contribution is 8.00. The Kier molecular flexibility index (Phi) is 5.84. The molecule has 2 heterocycles. The summed E-state index contributed by atoms with van der Waals surface area (Å²) in [4.78, 5) is 23.3. The van der Waals surface area contributed by atoms with Crippen molar-refractivity contribution in [3.05, 3.63) is 29.6 Å². The van der Waals surface area contributed by atoms with E-state index >= 15 is 0 Å². The van der Waals surface area contributed by atoms with Gasteiger partial charge in [0.05, 0.1) is 5.25 Å². The number of nitrogens with one attached hydrogen (secondary N) is 1. The lowest BCUT2D eigenvalue weighted by molar-refractivity contribution is -0.120. The zero-order valence-corrected chi connectivity index (χ0v) is 15.9. The first-order valence-electron chi connectivity index (χ1n) is 8.43. The summed E-state index contributed by atoms with van der Waals surface area (Å²) in [5.41, 5.74) is 6.09. The largest absolute Gasteiger partial charge is 0.454 e. The number of fused-ring (bicyclic) bond motifs is 1. The zero-order valence-electron chi connectivity index (χ0n) is 15.1. The minimum absolute atomic E-state index is 0.112. The van der Waals surface area contributed by atoms with Gasteiger partial charge in [-0.3, -0.25) is 9.59 Å². The SMILES string of the molecule is C[C@H](Sc1nnc(CCC(N)=O)n1C)C(=O)NCc1ccc2c(c1)OCO2. The molecule has 0 unspecified atom stereocenters. The Morgan fingerprint density at radius 2 is 2.11 bits per heavy atom. The van der Waals surface area contributed by atoms with Crippen molar-refractivity contribution >= 4 is 23.6 Å². The molecule has 0 radical (unpaired) electrons. The second-order valence-electron chi connectivity index (χ2n) is 6.09. The molecule has 1 aliphatic rings. The normalized spacial score (nSPS) is 13.4. The van der Waals surface area contributed by atoms with E-state index in [0.29, 0.717) is 35.4 Å². The molecule has 27 heavy (non-hydrogen) atoms. The van der Waals surface area contributed by atoms with E-state index in [9.17, 15) is 9.59 Å². The molecule has 10 heteroatoms. The summed E-state index contributed by atoms with van der Waals surface area (Å²) in [5, 5.41) is 11.3. The molecule has 3 N–H and O–H groups in total. The third-order valence-electron chi connectivity index (χ3n) is 4.08. The van der Waals surface area contributed by atoms with Gasteiger partial charge in [0.15, 0.2) is 16.7 Å². The van der Waals surface area contributed by atoms with Crippen LogP contribution in [0, 0.1) is 0 Å². The minimum atomic E-state index is -0.386. The van der Waals surface area contributed by atoms with Gasteiger partial charge < -0.3 is 25.1 Å². The average Bonchev–Trinajstić information content (AvgIpc) is 3.24. The van der Waals surface area contributed by atoms with Crippen molar-refractivity contribution in [3.8, 4) is 11.5 Å². The number of hydrogen-bond acceptors (Lipinski definition) is 7. The van der Waals surface area contributed by atoms with Gasteiger partial charge in [0.2, 0.25) is 18.6 Å². The Balaban J connectivity index is 1.52. The Bertz CT molecular complexity index is 854. The van der Waals surface area contributed by atoms with Gasteiger partial charge in [-0.2, -0.15) is 0 Å². The number of amides is 2. The van der Waals surface area contributed by atoms with Gasteiger partial charge in [0.1, 0.15) is 5.82 Å². The maximum Gasteiger partial charge on any atom is 0.233 e. The molecule has 1 aliphatic heterocycles. The lowest BCUT2D eigenvalue weighted by Gasteiger charge is -2.12. The molecular weight excluding hydrogens is 370 g/mol. The molecule has 3 rings (SSSR count). The Hall–Kier alpha value is -2.75. The van der Waals surface area contributed by atoms with Crippen LogP contribution in [0.4, 0.5) is 0 Å². The third-order valence-corrected chi connectivity index (χ3v) is 5.21. The van der Waals surface area contributed by atoms with Gasteiger partial charge in [-0.15, -0.1) is 10.2 Å². The standard InChI is InChI=1S/C17H21N5O4S/c1-10(27-17-21-20-15(22(17)2)6-5-14(18)23)16(24)19-8-11-3-4-12-13(7-11)26-9-25-12/h3-4,7,10H,5-6,8-9H2,1-2H3,(H2,18,23)(H,19,24)/t10-/m0/s1. The molecule has 0 spiro atoms. The number of thioether (sulfide) groups is 1. The number of aryl methyl sites for hydroxylation is 1. The van der Waals surface area contributed by atoms with E-state index in [-0.39, 0.29) is 30.3 Å². The number of ether oxygens (including phenoxy) is 2. The Morgan fingerprint density at radius 3 is 2.89 bits per heavy atom. The highest BCUT2D eigenvalue weighted by atomic mass is 32.2. The number of aromatic nitrogens is 3. The molecule has 2 amide bonds. The molecule has 0 aliphatic carbocycles. The summed E-state index contributed by atoms with van der Waals surface area (Å²) < 4.78 is 12.4. The fraction of sp³-hybridized carbons (Fsp3) is 0.412. The van der Waals surface area contributed by atoms with E-state index in [0.717, 1.165) is 5.56 Å². The molecule has 0 bridgehead atoms. The fourth-order valence-electron chi connectivity index (χ4n) is 2.50. The lowest BCUT2D eigenvalue weighted by atomic mass is 10.2. The van der Waals surface area contributed by atoms with Gasteiger partial charge in [-0.05, 0) is 24.6 Å². The number of nitrogens with zero attached hydrogens (tertiary/aromatic N) is 3. The smallest absolute Gasteiger partial charge is 0.233 e. The zero-order chi connectivity index (χ0) is 19.4. The van der Waals surface area contributed by atoms with Crippen molar-refractivity contribution in [2.24, 2.45) is 12.8 Å². The van der Waals surface area contributed by atoms with Crippen molar-refractivity contribution < 1.29 is 19.1 Å². The Labute approximate surface area is 160 Å². The second kappa shape index (κ2) is 8.30. The molecule has 1 aromatic carbocycles. The average molecular weight is 391 g/mol. The van der Waals surface area contributed by atoms with Crippen molar-refractivity contribution in [2.45, 2.75) is 36.7 Å². The second-order valence-corrected chi connectivity index (χ2v) is 7.40. The summed E-state index contributed by atoms with van der Waals surface area (Å²) in [6, 6.07) is 5.57. The molecule has 1 aromatic heterocycles. The van der Waals surface area contributed by atoms with E-state index in [1.54, 1.807) is 18.5 Å². The molecule has 2 aromatic rings. The summed E-state index contributed by atoms with van der Waals surface area (Å²) >= 11 is 1.31. The lowest BCUT2D eigenvalue weighted by Crippen LogP contribution is -2.30. The molecule has 144 valence electrons. The summed E-state index contributed by atoms with van der Waals surface area (Å²) in [6.45, 7) is 2.42. The van der Waals surface area contributed by atoms with Gasteiger partial charge in [0, 0.05) is 26.4 Å². The van der Waals surface area contributed by atoms with E-state index in [2.05, 4.69) is 15.5 Å². The number of nitrogens with two attached hydrogens (primary N) is 1. The number of rotatable bonds is 8. The quantitative estimate of drug-likeness (QED) is 0.637. The predicted molar refractivity (Wildman–Crippen MR) is 98.2 cm³/mol.